The monoisotopic (exact) mass is 289 g/mol. The molecule has 0 aromatic carbocycles. The zero-order valence-corrected chi connectivity index (χ0v) is 11.2. The Balaban J connectivity index is 2.32. The predicted molar refractivity (Wildman–Crippen MR) is 64.0 cm³/mol. The molecule has 19 heavy (non-hydrogen) atoms. The van der Waals surface area contributed by atoms with Gasteiger partial charge in [0.15, 0.2) is 5.03 Å². The number of aliphatic carboxylic acids is 1. The van der Waals surface area contributed by atoms with E-state index in [-0.39, 0.29) is 31.2 Å². The van der Waals surface area contributed by atoms with Gasteiger partial charge in [-0.25, -0.2) is 8.42 Å². The molecule has 1 aliphatic rings. The first-order valence-corrected chi connectivity index (χ1v) is 7.16. The van der Waals surface area contributed by atoms with Crippen LogP contribution in [0.3, 0.4) is 0 Å². The molecule has 1 atom stereocenters. The van der Waals surface area contributed by atoms with Gasteiger partial charge in [0.2, 0.25) is 0 Å². The minimum Gasteiger partial charge on any atom is -0.481 e. The summed E-state index contributed by atoms with van der Waals surface area (Å²) < 4.78 is 32.6. The third kappa shape index (κ3) is 2.77. The minimum atomic E-state index is -3.75. The topological polar surface area (TPSA) is 102 Å². The normalized spacial score (nSPS) is 21.4. The van der Waals surface area contributed by atoms with Crippen molar-refractivity contribution >= 4 is 16.0 Å². The maximum absolute atomic E-state index is 12.5. The number of ether oxygens (including phenoxy) is 1. The first-order chi connectivity index (χ1) is 8.93. The smallest absolute Gasteiger partial charge is 0.305 e. The molecule has 0 aliphatic carbocycles. The van der Waals surface area contributed by atoms with Gasteiger partial charge in [-0.15, -0.1) is 0 Å². The van der Waals surface area contributed by atoms with Gasteiger partial charge in [0.25, 0.3) is 10.0 Å². The molecule has 1 fully saturated rings. The van der Waals surface area contributed by atoms with Crippen LogP contribution in [-0.4, -0.2) is 59.4 Å². The molecule has 2 heterocycles. The Bertz CT molecular complexity index is 567. The van der Waals surface area contributed by atoms with E-state index in [9.17, 15) is 13.2 Å². The Hall–Kier alpha value is -1.45. The van der Waals surface area contributed by atoms with Gasteiger partial charge >= 0.3 is 5.97 Å². The van der Waals surface area contributed by atoms with E-state index in [0.29, 0.717) is 0 Å². The third-order valence-electron chi connectivity index (χ3n) is 2.93. The number of aromatic nitrogens is 2. The summed E-state index contributed by atoms with van der Waals surface area (Å²) in [6.45, 7) is 0.488. The van der Waals surface area contributed by atoms with E-state index < -0.39 is 22.0 Å². The molecule has 1 aromatic rings. The van der Waals surface area contributed by atoms with E-state index in [2.05, 4.69) is 5.10 Å². The number of hydrogen-bond acceptors (Lipinski definition) is 5. The Kier molecular flexibility index (Phi) is 3.88. The summed E-state index contributed by atoms with van der Waals surface area (Å²) in [4.78, 5) is 10.8. The fraction of sp³-hybridized carbons (Fsp3) is 0.600. The number of sulfonamides is 1. The van der Waals surface area contributed by atoms with E-state index >= 15 is 0 Å². The number of rotatable bonds is 4. The van der Waals surface area contributed by atoms with Crippen LogP contribution in [0.1, 0.15) is 6.42 Å². The van der Waals surface area contributed by atoms with Crippen molar-refractivity contribution in [3.63, 3.8) is 0 Å². The van der Waals surface area contributed by atoms with Gasteiger partial charge in [0.05, 0.1) is 31.9 Å². The van der Waals surface area contributed by atoms with Crippen molar-refractivity contribution in [2.75, 3.05) is 19.8 Å². The number of carbonyl (C=O) groups is 1. The van der Waals surface area contributed by atoms with E-state index in [0.717, 1.165) is 0 Å². The number of carboxylic acid groups (broad SMARTS) is 1. The highest BCUT2D eigenvalue weighted by Gasteiger charge is 2.36. The van der Waals surface area contributed by atoms with Crippen molar-refractivity contribution in [3.05, 3.63) is 12.3 Å². The Morgan fingerprint density at radius 1 is 1.63 bits per heavy atom. The largest absolute Gasteiger partial charge is 0.481 e. The molecule has 8 nitrogen and oxygen atoms in total. The van der Waals surface area contributed by atoms with Crippen LogP contribution < -0.4 is 0 Å². The minimum absolute atomic E-state index is 0.0461. The van der Waals surface area contributed by atoms with Crippen LogP contribution in [0, 0.1) is 0 Å². The second-order valence-corrected chi connectivity index (χ2v) is 6.07. The number of nitrogens with zero attached hydrogens (tertiary/aromatic N) is 3. The van der Waals surface area contributed by atoms with Crippen molar-refractivity contribution in [1.82, 2.24) is 14.1 Å². The summed E-state index contributed by atoms with van der Waals surface area (Å²) in [7, 11) is -2.23. The highest BCUT2D eigenvalue weighted by atomic mass is 32.2. The van der Waals surface area contributed by atoms with Crippen LogP contribution in [-0.2, 0) is 26.6 Å². The van der Waals surface area contributed by atoms with Crippen LogP contribution in [0.5, 0.6) is 0 Å². The molecule has 0 saturated carbocycles. The van der Waals surface area contributed by atoms with Crippen LogP contribution >= 0.6 is 0 Å². The standard InChI is InChI=1S/C10H15N3O5S/c1-12-9(2-3-11-12)19(16,17)13-4-5-18-7-8(13)6-10(14)15/h2-3,8H,4-7H2,1H3,(H,14,15). The van der Waals surface area contributed by atoms with E-state index in [1.54, 1.807) is 0 Å². The average molecular weight is 289 g/mol. The van der Waals surface area contributed by atoms with Gasteiger partial charge in [-0.3, -0.25) is 9.48 Å². The maximum atomic E-state index is 12.5. The Labute approximate surface area is 110 Å². The van der Waals surface area contributed by atoms with Crippen LogP contribution in [0.4, 0.5) is 0 Å². The highest BCUT2D eigenvalue weighted by Crippen LogP contribution is 2.21. The lowest BCUT2D eigenvalue weighted by atomic mass is 10.2. The molecule has 0 radical (unpaired) electrons. The first kappa shape index (κ1) is 14.0. The molecule has 2 rings (SSSR count). The lowest BCUT2D eigenvalue weighted by molar-refractivity contribution is -0.139. The fourth-order valence-electron chi connectivity index (χ4n) is 2.05. The Morgan fingerprint density at radius 2 is 2.37 bits per heavy atom. The van der Waals surface area contributed by atoms with Gasteiger partial charge in [-0.2, -0.15) is 9.40 Å². The number of morpholine rings is 1. The molecule has 1 N–H and O–H groups in total. The van der Waals surface area contributed by atoms with Crippen molar-refractivity contribution in [1.29, 1.82) is 0 Å². The summed E-state index contributed by atoms with van der Waals surface area (Å²) >= 11 is 0. The van der Waals surface area contributed by atoms with Gasteiger partial charge < -0.3 is 9.84 Å². The third-order valence-corrected chi connectivity index (χ3v) is 4.96. The quantitative estimate of drug-likeness (QED) is 0.785. The molecule has 1 aromatic heterocycles. The summed E-state index contributed by atoms with van der Waals surface area (Å²) in [5.74, 6) is -1.05. The van der Waals surface area contributed by atoms with Crippen LogP contribution in [0.2, 0.25) is 0 Å². The fourth-order valence-corrected chi connectivity index (χ4v) is 3.75. The molecular formula is C10H15N3O5S. The number of aryl methyl sites for hydroxylation is 1. The Morgan fingerprint density at radius 3 is 2.95 bits per heavy atom. The van der Waals surface area contributed by atoms with Gasteiger partial charge in [-0.05, 0) is 6.07 Å². The molecular weight excluding hydrogens is 274 g/mol. The van der Waals surface area contributed by atoms with Gasteiger partial charge in [0, 0.05) is 13.6 Å². The highest BCUT2D eigenvalue weighted by molar-refractivity contribution is 7.89. The average Bonchev–Trinajstić information content (AvgIpc) is 2.76. The first-order valence-electron chi connectivity index (χ1n) is 5.72. The van der Waals surface area contributed by atoms with Crippen molar-refractivity contribution in [3.8, 4) is 0 Å². The molecule has 9 heteroatoms. The number of carboxylic acids is 1. The van der Waals surface area contributed by atoms with Gasteiger partial charge in [-0.1, -0.05) is 0 Å². The predicted octanol–water partition coefficient (Wildman–Crippen LogP) is -0.716. The molecule has 106 valence electrons. The number of hydrogen-bond donors (Lipinski definition) is 1. The molecule has 1 saturated heterocycles. The molecule has 1 unspecified atom stereocenters. The van der Waals surface area contributed by atoms with Crippen molar-refractivity contribution in [2.45, 2.75) is 17.5 Å². The lowest BCUT2D eigenvalue weighted by Crippen LogP contribution is -2.49. The summed E-state index contributed by atoms with van der Waals surface area (Å²) in [5, 5.41) is 12.7. The molecule has 1 aliphatic heterocycles. The van der Waals surface area contributed by atoms with Crippen molar-refractivity contribution < 1.29 is 23.1 Å². The van der Waals surface area contributed by atoms with Crippen LogP contribution in [0.15, 0.2) is 17.3 Å². The second kappa shape index (κ2) is 5.27. The molecule has 0 amide bonds. The SMILES string of the molecule is Cn1nccc1S(=O)(=O)N1CCOCC1CC(=O)O. The summed E-state index contributed by atoms with van der Waals surface area (Å²) in [6, 6.07) is 0.703. The van der Waals surface area contributed by atoms with Crippen molar-refractivity contribution in [2.24, 2.45) is 7.05 Å². The summed E-state index contributed by atoms with van der Waals surface area (Å²) in [6.07, 6.45) is 1.11. The maximum Gasteiger partial charge on any atom is 0.305 e. The van der Waals surface area contributed by atoms with E-state index in [1.165, 1.54) is 28.3 Å². The molecule has 0 bridgehead atoms. The summed E-state index contributed by atoms with van der Waals surface area (Å²) in [5.41, 5.74) is 0. The second-order valence-electron chi connectivity index (χ2n) is 4.24. The van der Waals surface area contributed by atoms with Gasteiger partial charge in [0.1, 0.15) is 0 Å². The molecule has 0 spiro atoms. The van der Waals surface area contributed by atoms with E-state index in [1.807, 2.05) is 0 Å². The zero-order chi connectivity index (χ0) is 14.0. The lowest BCUT2D eigenvalue weighted by Gasteiger charge is -2.33. The van der Waals surface area contributed by atoms with E-state index in [4.69, 9.17) is 9.84 Å². The zero-order valence-electron chi connectivity index (χ0n) is 10.4. The van der Waals surface area contributed by atoms with Crippen LogP contribution in [0.25, 0.3) is 0 Å².